The van der Waals surface area contributed by atoms with Crippen molar-refractivity contribution in [3.63, 3.8) is 0 Å². The molecule has 3 amide bonds. The maximum absolute atomic E-state index is 14.7. The predicted molar refractivity (Wildman–Crippen MR) is 179 cm³/mol. The Balaban J connectivity index is 2.11. The average molecular weight is 636 g/mol. The Hall–Kier alpha value is -3.88. The highest BCUT2D eigenvalue weighted by molar-refractivity contribution is 5.95. The van der Waals surface area contributed by atoms with Gasteiger partial charge in [-0.05, 0) is 95.9 Å². The van der Waals surface area contributed by atoms with E-state index >= 15 is 0 Å². The van der Waals surface area contributed by atoms with Crippen LogP contribution in [0.5, 0.6) is 0 Å². The summed E-state index contributed by atoms with van der Waals surface area (Å²) >= 11 is 0. The number of nitrogens with one attached hydrogen (secondary N) is 2. The fraction of sp³-hybridized carbons (Fsp3) is 0.568. The molecule has 3 rings (SSSR count). The lowest BCUT2D eigenvalue weighted by Gasteiger charge is -2.37. The largest absolute Gasteiger partial charge is 0.458 e. The minimum Gasteiger partial charge on any atom is -0.458 e. The highest BCUT2D eigenvalue weighted by Crippen LogP contribution is 2.42. The second-order valence-electron chi connectivity index (χ2n) is 14.9. The number of amides is 3. The van der Waals surface area contributed by atoms with Crippen molar-refractivity contribution in [3.05, 3.63) is 70.8 Å². The minimum absolute atomic E-state index is 0.142. The summed E-state index contributed by atoms with van der Waals surface area (Å²) in [5.74, 6) is -1.59. The molecule has 0 spiro atoms. The molecule has 2 N–H and O–H groups in total. The van der Waals surface area contributed by atoms with E-state index in [1.165, 1.54) is 0 Å². The first-order valence-corrected chi connectivity index (χ1v) is 16.2. The van der Waals surface area contributed by atoms with E-state index in [9.17, 15) is 19.2 Å². The van der Waals surface area contributed by atoms with Crippen LogP contribution in [0.3, 0.4) is 0 Å². The van der Waals surface area contributed by atoms with Gasteiger partial charge in [-0.15, -0.1) is 0 Å². The number of nitrogens with zero attached hydrogens (tertiary/aromatic N) is 1. The molecule has 0 heterocycles. The van der Waals surface area contributed by atoms with Gasteiger partial charge in [-0.3, -0.25) is 9.59 Å². The van der Waals surface area contributed by atoms with Gasteiger partial charge in [0.15, 0.2) is 0 Å². The monoisotopic (exact) mass is 635 g/mol. The normalized spacial score (nSPS) is 18.2. The van der Waals surface area contributed by atoms with E-state index in [1.807, 2.05) is 83.1 Å². The Morgan fingerprint density at radius 2 is 1.39 bits per heavy atom. The minimum atomic E-state index is -1.06. The SMILES string of the molecule is Cc1cccc(C)c1C(C(=O)NC(Cc1ccccc1)C(=O)OC(C)(C)C)N(C(=O)C(NC(=O)OC(C)(C)C)C(C)C)C1CC1C. The molecule has 0 aliphatic heterocycles. The summed E-state index contributed by atoms with van der Waals surface area (Å²) in [5.41, 5.74) is 1.69. The molecule has 1 aliphatic rings. The van der Waals surface area contributed by atoms with Crippen LogP contribution in [0.2, 0.25) is 0 Å². The summed E-state index contributed by atoms with van der Waals surface area (Å²) in [4.78, 5) is 57.4. The zero-order valence-corrected chi connectivity index (χ0v) is 29.4. The number of alkyl carbamates (subject to hydrolysis) is 1. The number of benzene rings is 2. The van der Waals surface area contributed by atoms with Crippen LogP contribution in [0.15, 0.2) is 48.5 Å². The molecule has 1 saturated carbocycles. The van der Waals surface area contributed by atoms with Gasteiger partial charge in [0.05, 0.1) is 0 Å². The molecule has 0 radical (unpaired) electrons. The second kappa shape index (κ2) is 14.7. The van der Waals surface area contributed by atoms with Gasteiger partial charge in [0.2, 0.25) is 11.8 Å². The molecule has 46 heavy (non-hydrogen) atoms. The van der Waals surface area contributed by atoms with Gasteiger partial charge in [0, 0.05) is 12.5 Å². The van der Waals surface area contributed by atoms with Crippen molar-refractivity contribution < 1.29 is 28.7 Å². The van der Waals surface area contributed by atoms with Crippen LogP contribution in [0.1, 0.15) is 97.0 Å². The van der Waals surface area contributed by atoms with Crippen molar-refractivity contribution in [1.82, 2.24) is 15.5 Å². The van der Waals surface area contributed by atoms with Crippen LogP contribution in [0, 0.1) is 25.7 Å². The highest BCUT2D eigenvalue weighted by Gasteiger charge is 2.49. The second-order valence-corrected chi connectivity index (χ2v) is 14.9. The van der Waals surface area contributed by atoms with E-state index in [0.717, 1.165) is 16.7 Å². The molecule has 5 unspecified atom stereocenters. The highest BCUT2D eigenvalue weighted by atomic mass is 16.6. The molecule has 9 nitrogen and oxygen atoms in total. The van der Waals surface area contributed by atoms with Crippen molar-refractivity contribution in [2.75, 3.05) is 0 Å². The molecule has 0 bridgehead atoms. The molecule has 5 atom stereocenters. The number of ether oxygens (including phenoxy) is 2. The Morgan fingerprint density at radius 3 is 1.87 bits per heavy atom. The van der Waals surface area contributed by atoms with E-state index < -0.39 is 47.3 Å². The van der Waals surface area contributed by atoms with E-state index in [2.05, 4.69) is 10.6 Å². The van der Waals surface area contributed by atoms with Gasteiger partial charge in [0.25, 0.3) is 0 Å². The van der Waals surface area contributed by atoms with Gasteiger partial charge < -0.3 is 25.0 Å². The van der Waals surface area contributed by atoms with Crippen molar-refractivity contribution in [2.24, 2.45) is 11.8 Å². The van der Waals surface area contributed by atoms with Gasteiger partial charge in [-0.25, -0.2) is 9.59 Å². The number of carbonyl (C=O) groups is 4. The first-order valence-electron chi connectivity index (χ1n) is 16.2. The first kappa shape index (κ1) is 36.6. The van der Waals surface area contributed by atoms with Crippen LogP contribution >= 0.6 is 0 Å². The first-order chi connectivity index (χ1) is 21.3. The number of esters is 1. The number of rotatable bonds is 11. The van der Waals surface area contributed by atoms with Crippen molar-refractivity contribution in [3.8, 4) is 0 Å². The third-order valence-corrected chi connectivity index (χ3v) is 7.92. The molecule has 0 saturated heterocycles. The summed E-state index contributed by atoms with van der Waals surface area (Å²) < 4.78 is 11.2. The molecular formula is C37H53N3O6. The third-order valence-electron chi connectivity index (χ3n) is 7.92. The van der Waals surface area contributed by atoms with Crippen LogP contribution in [-0.4, -0.2) is 58.1 Å². The van der Waals surface area contributed by atoms with Crippen LogP contribution in [0.25, 0.3) is 0 Å². The fourth-order valence-electron chi connectivity index (χ4n) is 5.60. The molecule has 9 heteroatoms. The summed E-state index contributed by atoms with van der Waals surface area (Å²) in [6.07, 6.45) is 0.213. The number of hydrogen-bond donors (Lipinski definition) is 2. The van der Waals surface area contributed by atoms with E-state index in [4.69, 9.17) is 9.47 Å². The van der Waals surface area contributed by atoms with Gasteiger partial charge in [0.1, 0.15) is 29.3 Å². The van der Waals surface area contributed by atoms with Crippen molar-refractivity contribution >= 4 is 23.9 Å². The number of hydrogen-bond acceptors (Lipinski definition) is 6. The Bertz CT molecular complexity index is 1370. The smallest absolute Gasteiger partial charge is 0.408 e. The van der Waals surface area contributed by atoms with Crippen LogP contribution in [-0.2, 0) is 30.3 Å². The lowest BCUT2D eigenvalue weighted by atomic mass is 9.92. The summed E-state index contributed by atoms with van der Waals surface area (Å²) in [6, 6.07) is 11.9. The Labute approximate surface area is 274 Å². The average Bonchev–Trinajstić information content (AvgIpc) is 3.64. The zero-order chi connectivity index (χ0) is 34.6. The Kier molecular flexibility index (Phi) is 11.7. The summed E-state index contributed by atoms with van der Waals surface area (Å²) in [5, 5.41) is 5.78. The third kappa shape index (κ3) is 10.1. The van der Waals surface area contributed by atoms with Crippen molar-refractivity contribution in [1.29, 1.82) is 0 Å². The van der Waals surface area contributed by atoms with Crippen molar-refractivity contribution in [2.45, 2.75) is 124 Å². The zero-order valence-electron chi connectivity index (χ0n) is 29.4. The molecule has 1 aliphatic carbocycles. The Morgan fingerprint density at radius 1 is 0.848 bits per heavy atom. The lowest BCUT2D eigenvalue weighted by Crippen LogP contribution is -2.57. The lowest BCUT2D eigenvalue weighted by molar-refractivity contribution is -0.159. The van der Waals surface area contributed by atoms with E-state index in [-0.39, 0.29) is 30.2 Å². The fourth-order valence-corrected chi connectivity index (χ4v) is 5.60. The quantitative estimate of drug-likeness (QED) is 0.284. The molecule has 0 aromatic heterocycles. The maximum atomic E-state index is 14.7. The topological polar surface area (TPSA) is 114 Å². The molecule has 252 valence electrons. The predicted octanol–water partition coefficient (Wildman–Crippen LogP) is 6.20. The molecular weight excluding hydrogens is 582 g/mol. The standard InChI is InChI=1S/C37H53N3O6/c1-22(2)30(39-35(44)46-37(9,10)11)33(42)40(28-20-25(28)5)31(29-23(3)16-15-17-24(29)4)32(41)38-27(34(43)45-36(6,7)8)21-26-18-13-12-14-19-26/h12-19,22,25,27-28,30-31H,20-21H2,1-11H3,(H,38,41)(H,39,44). The van der Waals surface area contributed by atoms with Crippen LogP contribution in [0.4, 0.5) is 4.79 Å². The molecule has 1 fully saturated rings. The molecule has 2 aromatic carbocycles. The maximum Gasteiger partial charge on any atom is 0.408 e. The van der Waals surface area contributed by atoms with Gasteiger partial charge >= 0.3 is 12.1 Å². The van der Waals surface area contributed by atoms with E-state index in [0.29, 0.717) is 12.0 Å². The number of aryl methyl sites for hydroxylation is 2. The number of carbonyl (C=O) groups excluding carboxylic acids is 4. The molecule has 2 aromatic rings. The van der Waals surface area contributed by atoms with Gasteiger partial charge in [-0.1, -0.05) is 69.3 Å². The summed E-state index contributed by atoms with van der Waals surface area (Å²) in [6.45, 7) is 20.2. The van der Waals surface area contributed by atoms with E-state index in [1.54, 1.807) is 46.4 Å². The van der Waals surface area contributed by atoms with Gasteiger partial charge in [-0.2, -0.15) is 0 Å². The summed E-state index contributed by atoms with van der Waals surface area (Å²) in [7, 11) is 0. The van der Waals surface area contributed by atoms with Crippen LogP contribution < -0.4 is 10.6 Å².